The fraction of sp³-hybridized carbons (Fsp3) is 0.833. The van der Waals surface area contributed by atoms with Crippen molar-refractivity contribution in [3.63, 3.8) is 0 Å². The molecule has 0 aliphatic heterocycles. The third kappa shape index (κ3) is 2.43. The summed E-state index contributed by atoms with van der Waals surface area (Å²) in [5.74, 6) is 2.75. The van der Waals surface area contributed by atoms with Crippen LogP contribution in [0.25, 0.3) is 0 Å². The molecule has 1 aromatic rings. The Bertz CT molecular complexity index is 337. The normalized spacial score (nSPS) is 27.2. The molecule has 90 valence electrons. The van der Waals surface area contributed by atoms with Gasteiger partial charge in [0.2, 0.25) is 5.89 Å². The van der Waals surface area contributed by atoms with Crippen molar-refractivity contribution in [1.82, 2.24) is 10.1 Å². The molecule has 2 unspecified atom stereocenters. The standard InChI is InChI=1S/C12H21N3O/c1-3-4-10(13)12-14-11(15-16-12)9-6-5-8(2)7-9/h8-10H,3-7,13H2,1-2H3/t8?,9?,10-/m0/s1. The zero-order valence-electron chi connectivity index (χ0n) is 10.1. The monoisotopic (exact) mass is 223 g/mol. The molecule has 0 spiro atoms. The molecular formula is C12H21N3O. The lowest BCUT2D eigenvalue weighted by atomic mass is 10.1. The molecular weight excluding hydrogens is 202 g/mol. The maximum Gasteiger partial charge on any atom is 0.243 e. The van der Waals surface area contributed by atoms with Crippen molar-refractivity contribution in [2.75, 3.05) is 0 Å². The van der Waals surface area contributed by atoms with Gasteiger partial charge in [0, 0.05) is 5.92 Å². The summed E-state index contributed by atoms with van der Waals surface area (Å²) in [4.78, 5) is 4.44. The first kappa shape index (κ1) is 11.6. The summed E-state index contributed by atoms with van der Waals surface area (Å²) in [6.45, 7) is 4.39. The lowest BCUT2D eigenvalue weighted by Gasteiger charge is -2.03. The number of nitrogens with zero attached hydrogens (tertiary/aromatic N) is 2. The molecule has 2 rings (SSSR count). The molecule has 1 heterocycles. The van der Waals surface area contributed by atoms with E-state index in [9.17, 15) is 0 Å². The molecule has 3 atom stereocenters. The SMILES string of the molecule is CCC[C@H](N)c1nc(C2CCC(C)C2)no1. The molecule has 4 nitrogen and oxygen atoms in total. The van der Waals surface area contributed by atoms with Gasteiger partial charge in [-0.15, -0.1) is 0 Å². The van der Waals surface area contributed by atoms with Crippen LogP contribution in [0.1, 0.15) is 69.6 Å². The summed E-state index contributed by atoms with van der Waals surface area (Å²) in [6, 6.07) is -0.0925. The van der Waals surface area contributed by atoms with E-state index in [2.05, 4.69) is 24.0 Å². The number of aromatic nitrogens is 2. The van der Waals surface area contributed by atoms with Crippen molar-refractivity contribution < 1.29 is 4.52 Å². The first-order valence-electron chi connectivity index (χ1n) is 6.29. The van der Waals surface area contributed by atoms with Crippen molar-refractivity contribution in [3.05, 3.63) is 11.7 Å². The van der Waals surface area contributed by atoms with E-state index in [4.69, 9.17) is 10.3 Å². The zero-order chi connectivity index (χ0) is 11.5. The Morgan fingerprint density at radius 3 is 2.94 bits per heavy atom. The summed E-state index contributed by atoms with van der Waals surface area (Å²) in [5, 5.41) is 4.07. The lowest BCUT2D eigenvalue weighted by Crippen LogP contribution is -2.10. The lowest BCUT2D eigenvalue weighted by molar-refractivity contribution is 0.342. The average molecular weight is 223 g/mol. The Morgan fingerprint density at radius 1 is 1.50 bits per heavy atom. The van der Waals surface area contributed by atoms with E-state index < -0.39 is 0 Å². The van der Waals surface area contributed by atoms with Gasteiger partial charge >= 0.3 is 0 Å². The largest absolute Gasteiger partial charge is 0.338 e. The first-order valence-corrected chi connectivity index (χ1v) is 6.29. The highest BCUT2D eigenvalue weighted by atomic mass is 16.5. The van der Waals surface area contributed by atoms with Gasteiger partial charge in [0.15, 0.2) is 5.82 Å². The van der Waals surface area contributed by atoms with Crippen molar-refractivity contribution in [1.29, 1.82) is 0 Å². The van der Waals surface area contributed by atoms with E-state index in [-0.39, 0.29) is 6.04 Å². The van der Waals surface area contributed by atoms with Gasteiger partial charge in [-0.1, -0.05) is 25.4 Å². The van der Waals surface area contributed by atoms with Crippen LogP contribution in [0.2, 0.25) is 0 Å². The molecule has 1 fully saturated rings. The van der Waals surface area contributed by atoms with E-state index in [1.54, 1.807) is 0 Å². The number of hydrogen-bond donors (Lipinski definition) is 1. The molecule has 2 N–H and O–H groups in total. The molecule has 4 heteroatoms. The van der Waals surface area contributed by atoms with Crippen LogP contribution in [-0.2, 0) is 0 Å². The van der Waals surface area contributed by atoms with Crippen LogP contribution in [0.5, 0.6) is 0 Å². The minimum atomic E-state index is -0.0925. The van der Waals surface area contributed by atoms with Crippen LogP contribution in [-0.4, -0.2) is 10.1 Å². The number of nitrogens with two attached hydrogens (primary N) is 1. The van der Waals surface area contributed by atoms with E-state index in [1.807, 2.05) is 0 Å². The molecule has 0 saturated heterocycles. The molecule has 1 aliphatic carbocycles. The van der Waals surface area contributed by atoms with E-state index in [0.29, 0.717) is 11.8 Å². The smallest absolute Gasteiger partial charge is 0.243 e. The summed E-state index contributed by atoms with van der Waals surface area (Å²) >= 11 is 0. The molecule has 0 amide bonds. The summed E-state index contributed by atoms with van der Waals surface area (Å²) in [7, 11) is 0. The fourth-order valence-corrected chi connectivity index (χ4v) is 2.44. The maximum absolute atomic E-state index is 5.95. The van der Waals surface area contributed by atoms with Crippen molar-refractivity contribution in [3.8, 4) is 0 Å². The second kappa shape index (κ2) is 4.95. The Labute approximate surface area is 96.6 Å². The Hall–Kier alpha value is -0.900. The number of hydrogen-bond acceptors (Lipinski definition) is 4. The van der Waals surface area contributed by atoms with Crippen LogP contribution in [0.4, 0.5) is 0 Å². The van der Waals surface area contributed by atoms with Gasteiger partial charge in [-0.3, -0.25) is 0 Å². The van der Waals surface area contributed by atoms with Crippen LogP contribution in [0, 0.1) is 5.92 Å². The van der Waals surface area contributed by atoms with Gasteiger partial charge in [0.25, 0.3) is 0 Å². The summed E-state index contributed by atoms with van der Waals surface area (Å²) < 4.78 is 5.24. The molecule has 0 aromatic carbocycles. The number of rotatable bonds is 4. The second-order valence-corrected chi connectivity index (χ2v) is 5.00. The van der Waals surface area contributed by atoms with Crippen LogP contribution in [0.3, 0.4) is 0 Å². The fourth-order valence-electron chi connectivity index (χ4n) is 2.44. The predicted octanol–water partition coefficient (Wildman–Crippen LogP) is 2.77. The van der Waals surface area contributed by atoms with E-state index in [1.165, 1.54) is 19.3 Å². The predicted molar refractivity (Wildman–Crippen MR) is 61.9 cm³/mol. The highest BCUT2D eigenvalue weighted by Crippen LogP contribution is 2.36. The molecule has 0 bridgehead atoms. The highest BCUT2D eigenvalue weighted by molar-refractivity contribution is 5.00. The van der Waals surface area contributed by atoms with Gasteiger partial charge < -0.3 is 10.3 Å². The van der Waals surface area contributed by atoms with Crippen molar-refractivity contribution in [2.24, 2.45) is 11.7 Å². The van der Waals surface area contributed by atoms with Crippen molar-refractivity contribution >= 4 is 0 Å². The Morgan fingerprint density at radius 2 is 2.31 bits per heavy atom. The molecule has 0 radical (unpaired) electrons. The second-order valence-electron chi connectivity index (χ2n) is 5.00. The quantitative estimate of drug-likeness (QED) is 0.852. The van der Waals surface area contributed by atoms with E-state index in [0.717, 1.165) is 24.6 Å². The maximum atomic E-state index is 5.95. The van der Waals surface area contributed by atoms with Crippen LogP contribution >= 0.6 is 0 Å². The highest BCUT2D eigenvalue weighted by Gasteiger charge is 2.27. The minimum absolute atomic E-state index is 0.0925. The van der Waals surface area contributed by atoms with Gasteiger partial charge in [0.1, 0.15) is 0 Å². The summed E-state index contributed by atoms with van der Waals surface area (Å²) in [6.07, 6.45) is 5.59. The topological polar surface area (TPSA) is 64.9 Å². The van der Waals surface area contributed by atoms with Gasteiger partial charge in [-0.05, 0) is 31.6 Å². The molecule has 1 aliphatic rings. The van der Waals surface area contributed by atoms with Gasteiger partial charge in [-0.2, -0.15) is 4.98 Å². The average Bonchev–Trinajstić information content (AvgIpc) is 2.85. The van der Waals surface area contributed by atoms with E-state index >= 15 is 0 Å². The zero-order valence-corrected chi connectivity index (χ0v) is 10.1. The molecule has 1 aromatic heterocycles. The van der Waals surface area contributed by atoms with Crippen LogP contribution < -0.4 is 5.73 Å². The minimum Gasteiger partial charge on any atom is -0.338 e. The first-order chi connectivity index (χ1) is 7.70. The Balaban J connectivity index is 2.01. The molecule has 16 heavy (non-hydrogen) atoms. The third-order valence-corrected chi connectivity index (χ3v) is 3.43. The van der Waals surface area contributed by atoms with Gasteiger partial charge in [0.05, 0.1) is 6.04 Å². The van der Waals surface area contributed by atoms with Gasteiger partial charge in [-0.25, -0.2) is 0 Å². The Kier molecular flexibility index (Phi) is 3.59. The van der Waals surface area contributed by atoms with Crippen molar-refractivity contribution in [2.45, 2.75) is 57.9 Å². The summed E-state index contributed by atoms with van der Waals surface area (Å²) in [5.41, 5.74) is 5.95. The third-order valence-electron chi connectivity index (χ3n) is 3.43. The van der Waals surface area contributed by atoms with Crippen LogP contribution in [0.15, 0.2) is 4.52 Å². The molecule has 1 saturated carbocycles.